The van der Waals surface area contributed by atoms with Crippen molar-refractivity contribution in [2.75, 3.05) is 5.32 Å². The average molecular weight is 337 g/mol. The smallest absolute Gasteiger partial charge is 0.387 e. The van der Waals surface area contributed by atoms with Gasteiger partial charge in [0.2, 0.25) is 11.8 Å². The highest BCUT2D eigenvalue weighted by Gasteiger charge is 2.21. The number of alkyl halides is 2. The van der Waals surface area contributed by atoms with Crippen LogP contribution >= 0.6 is 0 Å². The molecule has 0 fully saturated rings. The van der Waals surface area contributed by atoms with Gasteiger partial charge in [0.25, 0.3) is 0 Å². The van der Waals surface area contributed by atoms with Crippen molar-refractivity contribution < 1.29 is 27.5 Å². The molecule has 0 bridgehead atoms. The lowest BCUT2D eigenvalue weighted by Crippen LogP contribution is -2.29. The molecule has 1 atom stereocenters. The van der Waals surface area contributed by atoms with Gasteiger partial charge < -0.3 is 24.7 Å². The first-order valence-electron chi connectivity index (χ1n) is 6.72. The summed E-state index contributed by atoms with van der Waals surface area (Å²) in [6.45, 7) is -1.71. The number of carbonyl (C=O) groups excluding carboxylic acids is 2. The van der Waals surface area contributed by atoms with E-state index in [0.29, 0.717) is 6.29 Å². The molecule has 0 saturated carbocycles. The van der Waals surface area contributed by atoms with Gasteiger partial charge in [-0.1, -0.05) is 0 Å². The molecule has 2 aromatic rings. The van der Waals surface area contributed by atoms with Crippen molar-refractivity contribution in [2.45, 2.75) is 13.5 Å². The largest absolute Gasteiger partial charge is 0.444 e. The van der Waals surface area contributed by atoms with Gasteiger partial charge in [-0.15, -0.1) is 0 Å². The van der Waals surface area contributed by atoms with E-state index in [4.69, 9.17) is 9.83 Å². The maximum atomic E-state index is 12.5. The predicted octanol–water partition coefficient (Wildman–Crippen LogP) is 2.74. The number of oxazole rings is 1. The molecule has 1 aromatic carbocycles. The summed E-state index contributed by atoms with van der Waals surface area (Å²) in [5, 5.41) is 9.83. The van der Waals surface area contributed by atoms with Gasteiger partial charge in [-0.3, -0.25) is 4.79 Å². The number of nitrogens with one attached hydrogen (secondary N) is 2. The van der Waals surface area contributed by atoms with Crippen LogP contribution in [0.5, 0.6) is 5.75 Å². The summed E-state index contributed by atoms with van der Waals surface area (Å²) in [6.07, 6.45) is 2.93. The second-order valence-electron chi connectivity index (χ2n) is 4.71. The van der Waals surface area contributed by atoms with Gasteiger partial charge in [0.15, 0.2) is 0 Å². The summed E-state index contributed by atoms with van der Waals surface area (Å²) in [6, 6.07) is 3.86. The van der Waals surface area contributed by atoms with Crippen LogP contribution in [0.2, 0.25) is 0 Å². The van der Waals surface area contributed by atoms with Crippen LogP contribution in [0, 0.1) is 11.3 Å². The first-order valence-corrected chi connectivity index (χ1v) is 6.72. The van der Waals surface area contributed by atoms with Crippen molar-refractivity contribution in [1.82, 2.24) is 4.98 Å². The van der Waals surface area contributed by atoms with E-state index in [9.17, 15) is 18.4 Å². The van der Waals surface area contributed by atoms with E-state index in [0.717, 1.165) is 0 Å². The van der Waals surface area contributed by atoms with Crippen LogP contribution in [-0.2, 0) is 9.59 Å². The number of aromatic nitrogens is 1. The van der Waals surface area contributed by atoms with Crippen LogP contribution < -0.4 is 10.1 Å². The van der Waals surface area contributed by atoms with Crippen LogP contribution in [0.4, 0.5) is 14.5 Å². The van der Waals surface area contributed by atoms with Gasteiger partial charge in [0, 0.05) is 11.4 Å². The molecule has 1 unspecified atom stereocenters. The van der Waals surface area contributed by atoms with Crippen molar-refractivity contribution in [1.29, 1.82) is 5.41 Å². The van der Waals surface area contributed by atoms with Crippen molar-refractivity contribution in [2.24, 2.45) is 5.92 Å². The molecule has 2 rings (SSSR count). The number of anilines is 1. The first kappa shape index (κ1) is 17.3. The molecule has 0 spiro atoms. The third-order valence-corrected chi connectivity index (χ3v) is 3.01. The number of hydrogen-bond donors (Lipinski definition) is 2. The lowest BCUT2D eigenvalue weighted by molar-refractivity contribution is -0.122. The summed E-state index contributed by atoms with van der Waals surface area (Å²) in [4.78, 5) is 26.7. The van der Waals surface area contributed by atoms with E-state index in [1.807, 2.05) is 0 Å². The molecule has 9 heteroatoms. The number of rotatable bonds is 7. The van der Waals surface area contributed by atoms with Gasteiger partial charge >= 0.3 is 6.61 Å². The molecule has 1 amide bonds. The van der Waals surface area contributed by atoms with Crippen molar-refractivity contribution in [3.05, 3.63) is 30.7 Å². The molecule has 0 saturated heterocycles. The first-order chi connectivity index (χ1) is 11.4. The van der Waals surface area contributed by atoms with Crippen LogP contribution in [0.25, 0.3) is 11.5 Å². The third-order valence-electron chi connectivity index (χ3n) is 3.01. The summed E-state index contributed by atoms with van der Waals surface area (Å²) < 4.78 is 34.4. The fourth-order valence-corrected chi connectivity index (χ4v) is 1.91. The Morgan fingerprint density at radius 1 is 1.46 bits per heavy atom. The zero-order valence-corrected chi connectivity index (χ0v) is 12.5. The van der Waals surface area contributed by atoms with E-state index < -0.39 is 18.4 Å². The molecule has 126 valence electrons. The standard InChI is InChI=1S/C15H13F2N3O4/c1-8(18)11(7-21)13(22)20-9-2-3-12(24-15(16)17)10(6-9)14-19-4-5-23-14/h2-7,11,15,18H,1H3,(H,20,22). The Balaban J connectivity index is 2.32. The Morgan fingerprint density at radius 3 is 2.75 bits per heavy atom. The van der Waals surface area contributed by atoms with Crippen LogP contribution in [0.1, 0.15) is 6.92 Å². The van der Waals surface area contributed by atoms with E-state index >= 15 is 0 Å². The Kier molecular flexibility index (Phi) is 5.35. The Bertz CT molecular complexity index is 747. The van der Waals surface area contributed by atoms with Crippen molar-refractivity contribution in [3.8, 4) is 17.2 Å². The minimum absolute atomic E-state index is 0.0249. The number of nitrogens with zero attached hydrogens (tertiary/aromatic N) is 1. The molecular weight excluding hydrogens is 324 g/mol. The average Bonchev–Trinajstić information content (AvgIpc) is 3.02. The van der Waals surface area contributed by atoms with Crippen LogP contribution in [-0.4, -0.2) is 29.5 Å². The highest BCUT2D eigenvalue weighted by atomic mass is 19.3. The molecule has 0 aliphatic heterocycles. The van der Waals surface area contributed by atoms with Gasteiger partial charge in [0.1, 0.15) is 24.2 Å². The van der Waals surface area contributed by atoms with Crippen molar-refractivity contribution >= 4 is 23.6 Å². The number of benzene rings is 1. The van der Waals surface area contributed by atoms with E-state index in [1.54, 1.807) is 0 Å². The zero-order chi connectivity index (χ0) is 17.7. The molecule has 0 radical (unpaired) electrons. The number of aldehydes is 1. The quantitative estimate of drug-likeness (QED) is 0.459. The van der Waals surface area contributed by atoms with Gasteiger partial charge in [-0.05, 0) is 25.1 Å². The van der Waals surface area contributed by atoms with Crippen LogP contribution in [0.15, 0.2) is 35.1 Å². The van der Waals surface area contributed by atoms with Gasteiger partial charge in [0.05, 0.1) is 11.8 Å². The lowest BCUT2D eigenvalue weighted by Gasteiger charge is -2.13. The lowest BCUT2D eigenvalue weighted by atomic mass is 10.1. The number of carbonyl (C=O) groups is 2. The number of halogens is 2. The third kappa shape index (κ3) is 4.00. The Morgan fingerprint density at radius 2 is 2.21 bits per heavy atom. The monoisotopic (exact) mass is 337 g/mol. The fraction of sp³-hybridized carbons (Fsp3) is 0.200. The normalized spacial score (nSPS) is 11.8. The number of hydrogen-bond acceptors (Lipinski definition) is 6. The van der Waals surface area contributed by atoms with Crippen molar-refractivity contribution in [3.63, 3.8) is 0 Å². The molecule has 0 aliphatic carbocycles. The molecule has 7 nitrogen and oxygen atoms in total. The number of amides is 1. The van der Waals surface area contributed by atoms with Gasteiger partial charge in [-0.25, -0.2) is 4.98 Å². The second kappa shape index (κ2) is 7.44. The van der Waals surface area contributed by atoms with E-state index in [1.165, 1.54) is 37.6 Å². The SMILES string of the molecule is CC(=N)C(C=O)C(=O)Nc1ccc(OC(F)F)c(-c2ncco2)c1. The predicted molar refractivity (Wildman–Crippen MR) is 80.2 cm³/mol. The molecule has 0 aliphatic rings. The molecular formula is C15H13F2N3O4. The summed E-state index contributed by atoms with van der Waals surface area (Å²) >= 11 is 0. The second-order valence-corrected chi connectivity index (χ2v) is 4.71. The molecule has 1 aromatic heterocycles. The minimum atomic E-state index is -3.04. The molecule has 2 N–H and O–H groups in total. The van der Waals surface area contributed by atoms with Gasteiger partial charge in [-0.2, -0.15) is 8.78 Å². The molecule has 24 heavy (non-hydrogen) atoms. The maximum Gasteiger partial charge on any atom is 0.387 e. The van der Waals surface area contributed by atoms with E-state index in [2.05, 4.69) is 15.0 Å². The van der Waals surface area contributed by atoms with Crippen LogP contribution in [0.3, 0.4) is 0 Å². The highest BCUT2D eigenvalue weighted by molar-refractivity contribution is 6.16. The zero-order valence-electron chi connectivity index (χ0n) is 12.5. The van der Waals surface area contributed by atoms with E-state index in [-0.39, 0.29) is 28.6 Å². The summed E-state index contributed by atoms with van der Waals surface area (Å²) in [7, 11) is 0. The fourth-order valence-electron chi connectivity index (χ4n) is 1.91. The molecule has 1 heterocycles. The Labute approximate surface area is 135 Å². The number of ether oxygens (including phenoxy) is 1. The maximum absolute atomic E-state index is 12.5. The minimum Gasteiger partial charge on any atom is -0.444 e. The summed E-state index contributed by atoms with van der Waals surface area (Å²) in [5.74, 6) is -2.09. The topological polar surface area (TPSA) is 105 Å². The summed E-state index contributed by atoms with van der Waals surface area (Å²) in [5.41, 5.74) is 0.198. The highest BCUT2D eigenvalue weighted by Crippen LogP contribution is 2.32. The Hall–Kier alpha value is -3.10.